The number of thioether (sulfide) groups is 1. The lowest BCUT2D eigenvalue weighted by Gasteiger charge is -2.31. The van der Waals surface area contributed by atoms with Gasteiger partial charge >= 0.3 is 0 Å². The summed E-state index contributed by atoms with van der Waals surface area (Å²) in [6, 6.07) is 5.07. The van der Waals surface area contributed by atoms with E-state index in [-0.39, 0.29) is 0 Å². The maximum absolute atomic E-state index is 12.7. The van der Waals surface area contributed by atoms with Gasteiger partial charge in [0.25, 0.3) is 0 Å². The second-order valence-electron chi connectivity index (χ2n) is 4.73. The van der Waals surface area contributed by atoms with E-state index in [2.05, 4.69) is 6.92 Å². The molecule has 1 unspecified atom stereocenters. The third kappa shape index (κ3) is 2.90. The highest BCUT2D eigenvalue weighted by atomic mass is 32.2. The van der Waals surface area contributed by atoms with Gasteiger partial charge in [-0.15, -0.1) is 0 Å². The molecule has 1 aromatic carbocycles. The van der Waals surface area contributed by atoms with Crippen molar-refractivity contribution >= 4 is 27.5 Å². The van der Waals surface area contributed by atoms with Gasteiger partial charge in [-0.2, -0.15) is 16.1 Å². The summed E-state index contributed by atoms with van der Waals surface area (Å²) in [7, 11) is -3.42. The Balaban J connectivity index is 2.34. The van der Waals surface area contributed by atoms with Gasteiger partial charge in [0.15, 0.2) is 0 Å². The Hall–Kier alpha value is -0.720. The maximum Gasteiger partial charge on any atom is 0.243 e. The van der Waals surface area contributed by atoms with Gasteiger partial charge in [0, 0.05) is 29.8 Å². The Kier molecular flexibility index (Phi) is 4.43. The Morgan fingerprint density at radius 2 is 2.21 bits per heavy atom. The van der Waals surface area contributed by atoms with Crippen LogP contribution in [-0.4, -0.2) is 36.8 Å². The fourth-order valence-corrected chi connectivity index (χ4v) is 5.34. The predicted octanol–water partition coefficient (Wildman–Crippen LogP) is 2.09. The molecule has 1 saturated heterocycles. The summed E-state index contributed by atoms with van der Waals surface area (Å²) < 4.78 is 27.0. The first-order chi connectivity index (χ1) is 8.96. The lowest BCUT2D eigenvalue weighted by atomic mass is 10.2. The number of anilines is 1. The van der Waals surface area contributed by atoms with E-state index in [0.717, 1.165) is 12.2 Å². The summed E-state index contributed by atoms with van der Waals surface area (Å²) in [5, 5.41) is 0.393. The molecule has 0 aliphatic carbocycles. The average Bonchev–Trinajstić information content (AvgIpc) is 2.41. The fourth-order valence-electron chi connectivity index (χ4n) is 2.21. The van der Waals surface area contributed by atoms with Crippen molar-refractivity contribution in [1.29, 1.82) is 0 Å². The van der Waals surface area contributed by atoms with Gasteiger partial charge in [0.1, 0.15) is 0 Å². The van der Waals surface area contributed by atoms with Gasteiger partial charge < -0.3 is 5.73 Å². The standard InChI is InChI=1S/C13H20N2O2S2/c1-3-11-9-15(7-8-18-11)19(16,17)13-6-4-5-12(14)10(13)2/h4-6,11H,3,7-9,14H2,1-2H3. The second kappa shape index (κ2) is 5.73. The van der Waals surface area contributed by atoms with E-state index in [4.69, 9.17) is 5.73 Å². The topological polar surface area (TPSA) is 63.4 Å². The molecule has 1 aliphatic heterocycles. The van der Waals surface area contributed by atoms with Crippen LogP contribution < -0.4 is 5.73 Å². The molecule has 6 heteroatoms. The monoisotopic (exact) mass is 300 g/mol. The summed E-state index contributed by atoms with van der Waals surface area (Å²) in [6.07, 6.45) is 0.993. The van der Waals surface area contributed by atoms with Crippen LogP contribution in [0.2, 0.25) is 0 Å². The molecule has 1 aliphatic rings. The first-order valence-electron chi connectivity index (χ1n) is 6.43. The molecule has 2 rings (SSSR count). The number of benzene rings is 1. The molecule has 2 N–H and O–H groups in total. The quantitative estimate of drug-likeness (QED) is 0.868. The number of nitrogen functional groups attached to an aromatic ring is 1. The van der Waals surface area contributed by atoms with Crippen molar-refractivity contribution in [2.45, 2.75) is 30.4 Å². The molecule has 0 bridgehead atoms. The summed E-state index contributed by atoms with van der Waals surface area (Å²) in [5.74, 6) is 0.860. The summed E-state index contributed by atoms with van der Waals surface area (Å²) in [4.78, 5) is 0.342. The third-order valence-electron chi connectivity index (χ3n) is 3.50. The van der Waals surface area contributed by atoms with Crippen molar-refractivity contribution in [3.05, 3.63) is 23.8 Å². The van der Waals surface area contributed by atoms with Gasteiger partial charge in [0.05, 0.1) is 4.90 Å². The molecule has 1 aromatic rings. The van der Waals surface area contributed by atoms with E-state index in [9.17, 15) is 8.42 Å². The van der Waals surface area contributed by atoms with E-state index in [0.29, 0.717) is 34.5 Å². The van der Waals surface area contributed by atoms with E-state index in [1.165, 1.54) is 0 Å². The van der Waals surface area contributed by atoms with Crippen molar-refractivity contribution in [2.24, 2.45) is 0 Å². The zero-order valence-electron chi connectivity index (χ0n) is 11.3. The number of nitrogens with zero attached hydrogens (tertiary/aromatic N) is 1. The Labute approximate surface area is 119 Å². The van der Waals surface area contributed by atoms with Gasteiger partial charge in [0.2, 0.25) is 10.0 Å². The maximum atomic E-state index is 12.7. The first kappa shape index (κ1) is 14.7. The van der Waals surface area contributed by atoms with Crippen LogP contribution in [0.5, 0.6) is 0 Å². The molecule has 19 heavy (non-hydrogen) atoms. The van der Waals surface area contributed by atoms with Gasteiger partial charge in [-0.05, 0) is 31.0 Å². The largest absolute Gasteiger partial charge is 0.398 e. The van der Waals surface area contributed by atoms with Crippen molar-refractivity contribution in [3.63, 3.8) is 0 Å². The van der Waals surface area contributed by atoms with Crippen LogP contribution in [-0.2, 0) is 10.0 Å². The van der Waals surface area contributed by atoms with Gasteiger partial charge in [-0.1, -0.05) is 13.0 Å². The zero-order chi connectivity index (χ0) is 14.0. The molecule has 0 radical (unpaired) electrons. The second-order valence-corrected chi connectivity index (χ2v) is 8.05. The third-order valence-corrected chi connectivity index (χ3v) is 6.88. The first-order valence-corrected chi connectivity index (χ1v) is 8.92. The zero-order valence-corrected chi connectivity index (χ0v) is 12.9. The van der Waals surface area contributed by atoms with Crippen LogP contribution >= 0.6 is 11.8 Å². The van der Waals surface area contributed by atoms with E-state index in [1.807, 2.05) is 11.8 Å². The molecule has 1 atom stereocenters. The molecule has 1 fully saturated rings. The Morgan fingerprint density at radius 1 is 1.47 bits per heavy atom. The predicted molar refractivity (Wildman–Crippen MR) is 80.9 cm³/mol. The lowest BCUT2D eigenvalue weighted by molar-refractivity contribution is 0.415. The van der Waals surface area contributed by atoms with Crippen molar-refractivity contribution in [1.82, 2.24) is 4.31 Å². The van der Waals surface area contributed by atoms with E-state index in [1.54, 1.807) is 29.4 Å². The van der Waals surface area contributed by atoms with Gasteiger partial charge in [-0.3, -0.25) is 0 Å². The minimum absolute atomic E-state index is 0.342. The minimum atomic E-state index is -3.42. The molecular formula is C13H20N2O2S2. The molecule has 0 amide bonds. The summed E-state index contributed by atoms with van der Waals surface area (Å²) in [6.45, 7) is 5.03. The highest BCUT2D eigenvalue weighted by Gasteiger charge is 2.31. The highest BCUT2D eigenvalue weighted by Crippen LogP contribution is 2.28. The van der Waals surface area contributed by atoms with E-state index < -0.39 is 10.0 Å². The minimum Gasteiger partial charge on any atom is -0.398 e. The van der Waals surface area contributed by atoms with Crippen LogP contribution in [0.25, 0.3) is 0 Å². The van der Waals surface area contributed by atoms with Crippen molar-refractivity contribution < 1.29 is 8.42 Å². The normalized spacial score (nSPS) is 21.5. The smallest absolute Gasteiger partial charge is 0.243 e. The van der Waals surface area contributed by atoms with Crippen molar-refractivity contribution in [2.75, 3.05) is 24.6 Å². The van der Waals surface area contributed by atoms with Crippen LogP contribution in [0.1, 0.15) is 18.9 Å². The summed E-state index contributed by atoms with van der Waals surface area (Å²) >= 11 is 1.85. The van der Waals surface area contributed by atoms with Crippen LogP contribution in [0.15, 0.2) is 23.1 Å². The number of sulfonamides is 1. The average molecular weight is 300 g/mol. The summed E-state index contributed by atoms with van der Waals surface area (Å²) in [5.41, 5.74) is 6.99. The van der Waals surface area contributed by atoms with E-state index >= 15 is 0 Å². The molecule has 1 heterocycles. The molecule has 0 spiro atoms. The highest BCUT2D eigenvalue weighted by molar-refractivity contribution is 8.00. The number of hydrogen-bond donors (Lipinski definition) is 1. The number of rotatable bonds is 3. The molecule has 4 nitrogen and oxygen atoms in total. The Morgan fingerprint density at radius 3 is 2.89 bits per heavy atom. The van der Waals surface area contributed by atoms with Crippen LogP contribution in [0.4, 0.5) is 5.69 Å². The molecular weight excluding hydrogens is 280 g/mol. The Bertz CT molecular complexity index is 558. The fraction of sp³-hybridized carbons (Fsp3) is 0.538. The van der Waals surface area contributed by atoms with Crippen molar-refractivity contribution in [3.8, 4) is 0 Å². The van der Waals surface area contributed by atoms with Crippen LogP contribution in [0.3, 0.4) is 0 Å². The molecule has 106 valence electrons. The SMILES string of the molecule is CCC1CN(S(=O)(=O)c2cccc(N)c2C)CCS1. The van der Waals surface area contributed by atoms with Crippen LogP contribution in [0, 0.1) is 6.92 Å². The lowest BCUT2D eigenvalue weighted by Crippen LogP contribution is -2.41. The molecule has 0 aromatic heterocycles. The molecule has 0 saturated carbocycles. The van der Waals surface area contributed by atoms with Gasteiger partial charge in [-0.25, -0.2) is 8.42 Å². The number of hydrogen-bond acceptors (Lipinski definition) is 4. The number of nitrogens with two attached hydrogens (primary N) is 1.